The minimum absolute atomic E-state index is 0.0589. The molecule has 0 saturated carbocycles. The summed E-state index contributed by atoms with van der Waals surface area (Å²) < 4.78 is 38.6. The molecule has 0 radical (unpaired) electrons. The summed E-state index contributed by atoms with van der Waals surface area (Å²) in [6.07, 6.45) is 0. The zero-order valence-corrected chi connectivity index (χ0v) is 10.9. The fraction of sp³-hybridized carbons (Fsp3) is 0.400. The van der Waals surface area contributed by atoms with Crippen LogP contribution in [0.5, 0.6) is 0 Å². The average molecular weight is 295 g/mol. The van der Waals surface area contributed by atoms with Crippen molar-refractivity contribution in [2.24, 2.45) is 5.92 Å². The molecular formula is C10H12ClFN2O3S. The van der Waals surface area contributed by atoms with Gasteiger partial charge in [-0.15, -0.1) is 0 Å². The molecule has 1 aliphatic heterocycles. The third-order valence-corrected chi connectivity index (χ3v) is 5.15. The lowest BCUT2D eigenvalue weighted by atomic mass is 10.1. The van der Waals surface area contributed by atoms with Crippen molar-refractivity contribution in [3.05, 3.63) is 23.0 Å². The number of benzene rings is 1. The highest BCUT2D eigenvalue weighted by Crippen LogP contribution is 2.31. The summed E-state index contributed by atoms with van der Waals surface area (Å²) >= 11 is 5.73. The molecule has 0 aliphatic carbocycles. The Balaban J connectivity index is 2.34. The summed E-state index contributed by atoms with van der Waals surface area (Å²) in [5.41, 5.74) is 5.08. The first kappa shape index (κ1) is 13.5. The van der Waals surface area contributed by atoms with Crippen LogP contribution in [0.1, 0.15) is 0 Å². The normalized spacial score (nSPS) is 17.7. The lowest BCUT2D eigenvalue weighted by molar-refractivity contribution is 0.117. The van der Waals surface area contributed by atoms with Gasteiger partial charge in [-0.2, -0.15) is 4.31 Å². The van der Waals surface area contributed by atoms with Gasteiger partial charge < -0.3 is 10.8 Å². The number of anilines is 1. The zero-order valence-electron chi connectivity index (χ0n) is 9.31. The van der Waals surface area contributed by atoms with Gasteiger partial charge in [0.2, 0.25) is 10.0 Å². The number of hydrogen-bond donors (Lipinski definition) is 2. The number of nitrogens with two attached hydrogens (primary N) is 1. The second-order valence-corrected chi connectivity index (χ2v) is 6.49. The molecule has 100 valence electrons. The predicted molar refractivity (Wildman–Crippen MR) is 65.2 cm³/mol. The third kappa shape index (κ3) is 2.18. The molecule has 3 N–H and O–H groups in total. The van der Waals surface area contributed by atoms with Crippen molar-refractivity contribution >= 4 is 27.3 Å². The summed E-state index contributed by atoms with van der Waals surface area (Å²) in [4.78, 5) is -0.209. The average Bonchev–Trinajstić information content (AvgIpc) is 2.21. The summed E-state index contributed by atoms with van der Waals surface area (Å²) in [5, 5.41) is 8.66. The summed E-state index contributed by atoms with van der Waals surface area (Å²) in [6, 6.07) is 1.90. The van der Waals surface area contributed by atoms with Gasteiger partial charge in [-0.25, -0.2) is 12.8 Å². The van der Waals surface area contributed by atoms with E-state index in [2.05, 4.69) is 0 Å². The number of aliphatic hydroxyl groups is 1. The number of sulfonamides is 1. The molecule has 1 aliphatic rings. The van der Waals surface area contributed by atoms with Crippen LogP contribution in [0.25, 0.3) is 0 Å². The van der Waals surface area contributed by atoms with E-state index in [4.69, 9.17) is 22.4 Å². The second kappa shape index (κ2) is 4.65. The van der Waals surface area contributed by atoms with Crippen molar-refractivity contribution < 1.29 is 17.9 Å². The van der Waals surface area contributed by atoms with Gasteiger partial charge in [-0.05, 0) is 12.1 Å². The first-order valence-corrected chi connectivity index (χ1v) is 7.03. The first-order chi connectivity index (χ1) is 8.36. The van der Waals surface area contributed by atoms with Crippen LogP contribution in [0.4, 0.5) is 10.1 Å². The molecule has 1 heterocycles. The molecule has 1 saturated heterocycles. The molecule has 8 heteroatoms. The molecule has 1 aromatic rings. The van der Waals surface area contributed by atoms with Gasteiger partial charge in [0, 0.05) is 25.6 Å². The van der Waals surface area contributed by atoms with E-state index >= 15 is 0 Å². The summed E-state index contributed by atoms with van der Waals surface area (Å²) in [5.74, 6) is -0.813. The molecule has 0 unspecified atom stereocenters. The fourth-order valence-electron chi connectivity index (χ4n) is 1.72. The minimum atomic E-state index is -3.77. The topological polar surface area (TPSA) is 83.6 Å². The highest BCUT2D eigenvalue weighted by Gasteiger charge is 2.37. The Morgan fingerprint density at radius 1 is 1.50 bits per heavy atom. The van der Waals surface area contributed by atoms with Crippen LogP contribution in [0.15, 0.2) is 17.0 Å². The number of hydrogen-bond acceptors (Lipinski definition) is 4. The van der Waals surface area contributed by atoms with Gasteiger partial charge in [0.15, 0.2) is 0 Å². The Morgan fingerprint density at radius 2 is 2.11 bits per heavy atom. The van der Waals surface area contributed by atoms with Crippen molar-refractivity contribution in [3.63, 3.8) is 0 Å². The van der Waals surface area contributed by atoms with E-state index in [0.29, 0.717) is 0 Å². The molecule has 2 rings (SSSR count). The lowest BCUT2D eigenvalue weighted by Gasteiger charge is -2.37. The van der Waals surface area contributed by atoms with Crippen LogP contribution < -0.4 is 5.73 Å². The zero-order chi connectivity index (χ0) is 13.5. The SMILES string of the molecule is Nc1cc(S(=O)(=O)N2CC(CO)C2)c(Cl)cc1F. The van der Waals surface area contributed by atoms with Crippen molar-refractivity contribution in [1.29, 1.82) is 0 Å². The van der Waals surface area contributed by atoms with E-state index in [1.165, 1.54) is 4.31 Å². The van der Waals surface area contributed by atoms with Crippen molar-refractivity contribution in [2.45, 2.75) is 4.90 Å². The minimum Gasteiger partial charge on any atom is -0.396 e. The summed E-state index contributed by atoms with van der Waals surface area (Å²) in [6.45, 7) is 0.393. The molecule has 1 fully saturated rings. The largest absolute Gasteiger partial charge is 0.396 e. The van der Waals surface area contributed by atoms with Gasteiger partial charge >= 0.3 is 0 Å². The van der Waals surface area contributed by atoms with E-state index < -0.39 is 15.8 Å². The van der Waals surface area contributed by atoms with E-state index in [-0.39, 0.29) is 41.2 Å². The Bertz CT molecular complexity index is 573. The standard InChI is InChI=1S/C10H12ClFN2O3S/c11-7-1-8(12)9(13)2-10(7)18(16,17)14-3-6(4-14)5-15/h1-2,6,15H,3-5,13H2. The number of nitrogen functional groups attached to an aromatic ring is 1. The number of rotatable bonds is 3. The maximum absolute atomic E-state index is 13.1. The highest BCUT2D eigenvalue weighted by atomic mass is 35.5. The van der Waals surface area contributed by atoms with Crippen molar-refractivity contribution in [3.8, 4) is 0 Å². The predicted octanol–water partition coefficient (Wildman–Crippen LogP) is 0.674. The van der Waals surface area contributed by atoms with E-state index in [1.807, 2.05) is 0 Å². The van der Waals surface area contributed by atoms with Crippen LogP contribution in [-0.2, 0) is 10.0 Å². The van der Waals surface area contributed by atoms with Crippen LogP contribution in [0, 0.1) is 11.7 Å². The Labute approximate surface area is 109 Å². The smallest absolute Gasteiger partial charge is 0.244 e. The third-order valence-electron chi connectivity index (χ3n) is 2.85. The maximum Gasteiger partial charge on any atom is 0.244 e. The van der Waals surface area contributed by atoms with Crippen LogP contribution in [0.2, 0.25) is 5.02 Å². The van der Waals surface area contributed by atoms with Crippen LogP contribution >= 0.6 is 11.6 Å². The molecule has 0 amide bonds. The van der Waals surface area contributed by atoms with E-state index in [1.54, 1.807) is 0 Å². The van der Waals surface area contributed by atoms with Gasteiger partial charge in [-0.3, -0.25) is 0 Å². The maximum atomic E-state index is 13.1. The van der Waals surface area contributed by atoms with E-state index in [0.717, 1.165) is 12.1 Å². The fourth-order valence-corrected chi connectivity index (χ4v) is 3.83. The van der Waals surface area contributed by atoms with Crippen LogP contribution in [0.3, 0.4) is 0 Å². The Morgan fingerprint density at radius 3 is 2.67 bits per heavy atom. The molecule has 0 atom stereocenters. The number of nitrogens with zero attached hydrogens (tertiary/aromatic N) is 1. The van der Waals surface area contributed by atoms with Crippen molar-refractivity contribution in [1.82, 2.24) is 4.31 Å². The molecule has 0 spiro atoms. The number of aliphatic hydroxyl groups excluding tert-OH is 1. The first-order valence-electron chi connectivity index (χ1n) is 5.21. The molecule has 5 nitrogen and oxygen atoms in total. The van der Waals surface area contributed by atoms with Crippen molar-refractivity contribution in [2.75, 3.05) is 25.4 Å². The van der Waals surface area contributed by atoms with Gasteiger partial charge in [0.05, 0.1) is 10.7 Å². The second-order valence-electron chi connectivity index (χ2n) is 4.17. The molecule has 0 bridgehead atoms. The van der Waals surface area contributed by atoms with Crippen LogP contribution in [-0.4, -0.2) is 37.5 Å². The Kier molecular flexibility index (Phi) is 3.50. The van der Waals surface area contributed by atoms with Gasteiger partial charge in [0.1, 0.15) is 10.7 Å². The van der Waals surface area contributed by atoms with Gasteiger partial charge in [0.25, 0.3) is 0 Å². The summed E-state index contributed by atoms with van der Waals surface area (Å²) in [7, 11) is -3.77. The molecule has 1 aromatic carbocycles. The molecular weight excluding hydrogens is 283 g/mol. The lowest BCUT2D eigenvalue weighted by Crippen LogP contribution is -2.51. The Hall–Kier alpha value is -0.890. The number of halogens is 2. The van der Waals surface area contributed by atoms with Gasteiger partial charge in [-0.1, -0.05) is 11.6 Å². The molecule has 0 aromatic heterocycles. The monoisotopic (exact) mass is 294 g/mol. The quantitative estimate of drug-likeness (QED) is 0.803. The highest BCUT2D eigenvalue weighted by molar-refractivity contribution is 7.89. The molecule has 18 heavy (non-hydrogen) atoms. The van der Waals surface area contributed by atoms with E-state index in [9.17, 15) is 12.8 Å².